The third-order valence-electron chi connectivity index (χ3n) is 3.29. The van der Waals surface area contributed by atoms with Crippen LogP contribution in [0.25, 0.3) is 0 Å². The fourth-order valence-electron chi connectivity index (χ4n) is 2.25. The minimum absolute atomic E-state index is 0.429. The predicted octanol–water partition coefficient (Wildman–Crippen LogP) is 1.22. The van der Waals surface area contributed by atoms with Crippen molar-refractivity contribution in [1.82, 2.24) is 5.32 Å². The van der Waals surface area contributed by atoms with Gasteiger partial charge in [-0.3, -0.25) is 0 Å². The monoisotopic (exact) mass is 221 g/mol. The summed E-state index contributed by atoms with van der Waals surface area (Å²) in [7, 11) is 0. The molecule has 1 aliphatic rings. The molecule has 1 atom stereocenters. The van der Waals surface area contributed by atoms with Crippen molar-refractivity contribution < 1.29 is 10.2 Å². The topological polar surface area (TPSA) is 52.5 Å². The van der Waals surface area contributed by atoms with E-state index in [1.807, 2.05) is 30.3 Å². The van der Waals surface area contributed by atoms with Gasteiger partial charge in [0.2, 0.25) is 0 Å². The maximum atomic E-state index is 10.3. The van der Waals surface area contributed by atoms with Gasteiger partial charge in [-0.2, -0.15) is 0 Å². The van der Waals surface area contributed by atoms with E-state index in [1.165, 1.54) is 0 Å². The summed E-state index contributed by atoms with van der Waals surface area (Å²) in [5.41, 5.74) is 0.176. The highest BCUT2D eigenvalue weighted by Crippen LogP contribution is 2.29. The van der Waals surface area contributed by atoms with Crippen LogP contribution in [0.4, 0.5) is 0 Å². The summed E-state index contributed by atoms with van der Waals surface area (Å²) in [5, 5.41) is 23.6. The van der Waals surface area contributed by atoms with Crippen molar-refractivity contribution in [2.75, 3.05) is 13.1 Å². The Bertz CT molecular complexity index is 320. The Morgan fingerprint density at radius 1 is 1.19 bits per heavy atom. The van der Waals surface area contributed by atoms with Crippen LogP contribution < -0.4 is 5.32 Å². The second-order valence-corrected chi connectivity index (χ2v) is 4.60. The Morgan fingerprint density at radius 2 is 1.81 bits per heavy atom. The third kappa shape index (κ3) is 2.82. The Kier molecular flexibility index (Phi) is 3.59. The molecule has 1 aliphatic heterocycles. The van der Waals surface area contributed by atoms with Crippen molar-refractivity contribution in [3.63, 3.8) is 0 Å². The molecule has 0 aromatic heterocycles. The van der Waals surface area contributed by atoms with Crippen molar-refractivity contribution >= 4 is 0 Å². The molecule has 0 aliphatic carbocycles. The van der Waals surface area contributed by atoms with Crippen LogP contribution in [-0.2, 0) is 0 Å². The van der Waals surface area contributed by atoms with Crippen molar-refractivity contribution in [3.8, 4) is 0 Å². The number of aliphatic hydroxyl groups is 2. The molecule has 0 bridgehead atoms. The second kappa shape index (κ2) is 4.95. The van der Waals surface area contributed by atoms with Crippen LogP contribution in [0, 0.1) is 0 Å². The SMILES string of the molecule is OC(CC1(O)CCNCC1)c1ccccc1. The van der Waals surface area contributed by atoms with Crippen molar-refractivity contribution in [3.05, 3.63) is 35.9 Å². The Balaban J connectivity index is 1.98. The zero-order valence-corrected chi connectivity index (χ0v) is 9.39. The van der Waals surface area contributed by atoms with Gasteiger partial charge in [0.05, 0.1) is 11.7 Å². The lowest BCUT2D eigenvalue weighted by atomic mass is 9.85. The largest absolute Gasteiger partial charge is 0.390 e. The van der Waals surface area contributed by atoms with E-state index in [0.717, 1.165) is 31.5 Å². The van der Waals surface area contributed by atoms with Gasteiger partial charge >= 0.3 is 0 Å². The first-order chi connectivity index (χ1) is 7.70. The number of piperidine rings is 1. The second-order valence-electron chi connectivity index (χ2n) is 4.60. The Labute approximate surface area is 96.1 Å². The number of benzene rings is 1. The molecule has 0 amide bonds. The maximum Gasteiger partial charge on any atom is 0.0817 e. The van der Waals surface area contributed by atoms with E-state index in [2.05, 4.69) is 5.32 Å². The van der Waals surface area contributed by atoms with Crippen LogP contribution in [0.15, 0.2) is 30.3 Å². The van der Waals surface area contributed by atoms with Gasteiger partial charge in [0.25, 0.3) is 0 Å². The number of hydrogen-bond donors (Lipinski definition) is 3. The fraction of sp³-hybridized carbons (Fsp3) is 0.538. The summed E-state index contributed by atoms with van der Waals surface area (Å²) in [6.07, 6.45) is 1.30. The molecule has 1 aromatic rings. The standard InChI is InChI=1S/C13H19NO2/c15-12(11-4-2-1-3-5-11)10-13(16)6-8-14-9-7-13/h1-5,12,14-16H,6-10H2. The number of rotatable bonds is 3. The molecule has 16 heavy (non-hydrogen) atoms. The predicted molar refractivity (Wildman–Crippen MR) is 63.1 cm³/mol. The van der Waals surface area contributed by atoms with Gasteiger partial charge < -0.3 is 15.5 Å². The molecular weight excluding hydrogens is 202 g/mol. The molecule has 3 nitrogen and oxygen atoms in total. The number of nitrogens with one attached hydrogen (secondary N) is 1. The summed E-state index contributed by atoms with van der Waals surface area (Å²) >= 11 is 0. The summed E-state index contributed by atoms with van der Waals surface area (Å²) in [6.45, 7) is 1.66. The fourth-order valence-corrected chi connectivity index (χ4v) is 2.25. The first kappa shape index (κ1) is 11.6. The van der Waals surface area contributed by atoms with E-state index in [9.17, 15) is 10.2 Å². The molecule has 3 N–H and O–H groups in total. The van der Waals surface area contributed by atoms with Gasteiger partial charge in [0, 0.05) is 6.42 Å². The summed E-state index contributed by atoms with van der Waals surface area (Å²) in [6, 6.07) is 9.54. The molecule has 1 unspecified atom stereocenters. The first-order valence-electron chi connectivity index (χ1n) is 5.86. The molecule has 0 saturated carbocycles. The normalized spacial score (nSPS) is 21.6. The van der Waals surface area contributed by atoms with Crippen molar-refractivity contribution in [2.24, 2.45) is 0 Å². The Morgan fingerprint density at radius 3 is 2.44 bits per heavy atom. The van der Waals surface area contributed by atoms with Crippen molar-refractivity contribution in [2.45, 2.75) is 31.0 Å². The zero-order chi connectivity index (χ0) is 11.4. The molecule has 2 rings (SSSR count). The van der Waals surface area contributed by atoms with Crippen LogP contribution in [0.1, 0.15) is 30.9 Å². The summed E-state index contributed by atoms with van der Waals surface area (Å²) in [4.78, 5) is 0. The van der Waals surface area contributed by atoms with E-state index in [-0.39, 0.29) is 0 Å². The van der Waals surface area contributed by atoms with Crippen LogP contribution in [0.3, 0.4) is 0 Å². The maximum absolute atomic E-state index is 10.3. The molecule has 1 fully saturated rings. The third-order valence-corrected chi connectivity index (χ3v) is 3.29. The highest BCUT2D eigenvalue weighted by molar-refractivity contribution is 5.17. The molecule has 88 valence electrons. The minimum Gasteiger partial charge on any atom is -0.390 e. The lowest BCUT2D eigenvalue weighted by Crippen LogP contribution is -2.42. The van der Waals surface area contributed by atoms with Gasteiger partial charge in [0.1, 0.15) is 0 Å². The number of aliphatic hydroxyl groups excluding tert-OH is 1. The van der Waals surface area contributed by atoms with Gasteiger partial charge in [-0.25, -0.2) is 0 Å². The average molecular weight is 221 g/mol. The van der Waals surface area contributed by atoms with Crippen LogP contribution in [0.2, 0.25) is 0 Å². The van der Waals surface area contributed by atoms with E-state index in [0.29, 0.717) is 6.42 Å². The summed E-state index contributed by atoms with van der Waals surface area (Å²) < 4.78 is 0. The highest BCUT2D eigenvalue weighted by Gasteiger charge is 2.31. The molecule has 0 radical (unpaired) electrons. The van der Waals surface area contributed by atoms with E-state index >= 15 is 0 Å². The molecule has 3 heteroatoms. The lowest BCUT2D eigenvalue weighted by Gasteiger charge is -2.34. The van der Waals surface area contributed by atoms with Crippen LogP contribution >= 0.6 is 0 Å². The van der Waals surface area contributed by atoms with Gasteiger partial charge in [0.15, 0.2) is 0 Å². The molecule has 0 spiro atoms. The highest BCUT2D eigenvalue weighted by atomic mass is 16.3. The quantitative estimate of drug-likeness (QED) is 0.719. The van der Waals surface area contributed by atoms with Crippen LogP contribution in [-0.4, -0.2) is 28.9 Å². The molecular formula is C13H19NO2. The van der Waals surface area contributed by atoms with Crippen LogP contribution in [0.5, 0.6) is 0 Å². The molecule has 1 heterocycles. The van der Waals surface area contributed by atoms with Gasteiger partial charge in [-0.15, -0.1) is 0 Å². The first-order valence-corrected chi connectivity index (χ1v) is 5.86. The van der Waals surface area contributed by atoms with Gasteiger partial charge in [-0.1, -0.05) is 30.3 Å². The van der Waals surface area contributed by atoms with E-state index < -0.39 is 11.7 Å². The van der Waals surface area contributed by atoms with E-state index in [1.54, 1.807) is 0 Å². The van der Waals surface area contributed by atoms with Crippen molar-refractivity contribution in [1.29, 1.82) is 0 Å². The van der Waals surface area contributed by atoms with E-state index in [4.69, 9.17) is 0 Å². The minimum atomic E-state index is -0.708. The van der Waals surface area contributed by atoms with Gasteiger partial charge in [-0.05, 0) is 31.5 Å². The molecule has 1 saturated heterocycles. The summed E-state index contributed by atoms with van der Waals surface area (Å²) in [5.74, 6) is 0. The zero-order valence-electron chi connectivity index (χ0n) is 9.39. The Hall–Kier alpha value is -0.900. The average Bonchev–Trinajstić information content (AvgIpc) is 2.30. The molecule has 1 aromatic carbocycles. The number of hydrogen-bond acceptors (Lipinski definition) is 3. The lowest BCUT2D eigenvalue weighted by molar-refractivity contribution is -0.0333. The smallest absolute Gasteiger partial charge is 0.0817 e.